The number of nitrogens with zero attached hydrogens (tertiary/aromatic N) is 3. The topological polar surface area (TPSA) is 96.5 Å². The number of furan rings is 1. The number of halogens is 1. The van der Waals surface area contributed by atoms with Crippen LogP contribution in [0.3, 0.4) is 0 Å². The molecule has 1 amide bonds. The van der Waals surface area contributed by atoms with Crippen molar-refractivity contribution in [1.82, 2.24) is 20.4 Å². The van der Waals surface area contributed by atoms with Crippen molar-refractivity contribution in [3.63, 3.8) is 0 Å². The Morgan fingerprint density at radius 3 is 2.83 bits per heavy atom. The number of carbonyl (C=O) groups excluding carboxylic acids is 1. The summed E-state index contributed by atoms with van der Waals surface area (Å²) in [5, 5.41) is 13.4. The third kappa shape index (κ3) is 7.60. The third-order valence-corrected chi connectivity index (χ3v) is 3.85. The van der Waals surface area contributed by atoms with Crippen molar-refractivity contribution in [2.45, 2.75) is 26.6 Å². The van der Waals surface area contributed by atoms with Crippen LogP contribution in [0.4, 0.5) is 5.69 Å². The van der Waals surface area contributed by atoms with Crippen molar-refractivity contribution in [1.29, 1.82) is 0 Å². The molecule has 0 aliphatic heterocycles. The zero-order valence-electron chi connectivity index (χ0n) is 16.2. The maximum Gasteiger partial charge on any atom is 0.246 e. The molecule has 2 aromatic heterocycles. The van der Waals surface area contributed by atoms with Crippen molar-refractivity contribution >= 4 is 41.5 Å². The van der Waals surface area contributed by atoms with Crippen molar-refractivity contribution in [2.75, 3.05) is 11.9 Å². The SMILES string of the molecule is CCNC(=NCc1cccc(NC(=O)Cn2cccn2)c1)NCc1ccco1.I. The molecule has 0 spiro atoms. The van der Waals surface area contributed by atoms with E-state index >= 15 is 0 Å². The molecule has 0 aliphatic rings. The van der Waals surface area contributed by atoms with Crippen molar-refractivity contribution in [3.8, 4) is 0 Å². The molecule has 2 heterocycles. The fourth-order valence-corrected chi connectivity index (χ4v) is 2.59. The Bertz CT molecular complexity index is 894. The lowest BCUT2D eigenvalue weighted by molar-refractivity contribution is -0.116. The third-order valence-electron chi connectivity index (χ3n) is 3.85. The maximum absolute atomic E-state index is 12.1. The molecule has 154 valence electrons. The van der Waals surface area contributed by atoms with Gasteiger partial charge in [-0.15, -0.1) is 24.0 Å². The minimum Gasteiger partial charge on any atom is -0.467 e. The lowest BCUT2D eigenvalue weighted by Crippen LogP contribution is -2.36. The van der Waals surface area contributed by atoms with E-state index in [4.69, 9.17) is 4.42 Å². The van der Waals surface area contributed by atoms with Crippen LogP contribution < -0.4 is 16.0 Å². The molecule has 0 atom stereocenters. The fraction of sp³-hybridized carbons (Fsp3) is 0.250. The van der Waals surface area contributed by atoms with E-state index < -0.39 is 0 Å². The van der Waals surface area contributed by atoms with Crippen LogP contribution >= 0.6 is 24.0 Å². The average molecular weight is 508 g/mol. The lowest BCUT2D eigenvalue weighted by Gasteiger charge is -2.11. The van der Waals surface area contributed by atoms with E-state index in [0.717, 1.165) is 23.6 Å². The zero-order chi connectivity index (χ0) is 19.6. The van der Waals surface area contributed by atoms with Crippen LogP contribution in [0.15, 0.2) is 70.5 Å². The number of nitrogens with one attached hydrogen (secondary N) is 3. The summed E-state index contributed by atoms with van der Waals surface area (Å²) < 4.78 is 6.90. The molecule has 3 rings (SSSR count). The molecule has 0 unspecified atom stereocenters. The average Bonchev–Trinajstić information content (AvgIpc) is 3.38. The highest BCUT2D eigenvalue weighted by Crippen LogP contribution is 2.12. The maximum atomic E-state index is 12.1. The molecular formula is C20H25IN6O2. The molecule has 3 aromatic rings. The van der Waals surface area contributed by atoms with Crippen molar-refractivity contribution in [3.05, 3.63) is 72.4 Å². The van der Waals surface area contributed by atoms with E-state index in [1.807, 2.05) is 43.3 Å². The number of amides is 1. The first-order valence-corrected chi connectivity index (χ1v) is 9.13. The predicted molar refractivity (Wildman–Crippen MR) is 123 cm³/mol. The molecule has 0 radical (unpaired) electrons. The van der Waals surface area contributed by atoms with Crippen LogP contribution in [0.2, 0.25) is 0 Å². The smallest absolute Gasteiger partial charge is 0.246 e. The molecule has 0 saturated heterocycles. The molecule has 3 N–H and O–H groups in total. The number of hydrogen-bond acceptors (Lipinski definition) is 4. The highest BCUT2D eigenvalue weighted by Gasteiger charge is 2.05. The number of benzene rings is 1. The minimum absolute atomic E-state index is 0. The Labute approximate surface area is 186 Å². The Morgan fingerprint density at radius 2 is 2.10 bits per heavy atom. The van der Waals surface area contributed by atoms with Gasteiger partial charge in [-0.05, 0) is 42.8 Å². The zero-order valence-corrected chi connectivity index (χ0v) is 18.5. The predicted octanol–water partition coefficient (Wildman–Crippen LogP) is 2.99. The van der Waals surface area contributed by atoms with Crippen LogP contribution in [-0.4, -0.2) is 28.2 Å². The van der Waals surface area contributed by atoms with Crippen LogP contribution in [0.5, 0.6) is 0 Å². The highest BCUT2D eigenvalue weighted by atomic mass is 127. The van der Waals surface area contributed by atoms with E-state index in [9.17, 15) is 4.79 Å². The summed E-state index contributed by atoms with van der Waals surface area (Å²) in [7, 11) is 0. The van der Waals surface area contributed by atoms with Crippen LogP contribution in [0.25, 0.3) is 0 Å². The van der Waals surface area contributed by atoms with Crippen LogP contribution in [0.1, 0.15) is 18.2 Å². The molecule has 29 heavy (non-hydrogen) atoms. The van der Waals surface area contributed by atoms with Gasteiger partial charge < -0.3 is 20.4 Å². The van der Waals surface area contributed by atoms with Gasteiger partial charge in [-0.25, -0.2) is 4.99 Å². The van der Waals surface area contributed by atoms with E-state index in [1.54, 1.807) is 29.4 Å². The summed E-state index contributed by atoms with van der Waals surface area (Å²) >= 11 is 0. The molecule has 9 heteroatoms. The van der Waals surface area contributed by atoms with E-state index in [2.05, 4.69) is 26.0 Å². The lowest BCUT2D eigenvalue weighted by atomic mass is 10.2. The highest BCUT2D eigenvalue weighted by molar-refractivity contribution is 14.0. The summed E-state index contributed by atoms with van der Waals surface area (Å²) in [6.07, 6.45) is 5.05. The van der Waals surface area contributed by atoms with Gasteiger partial charge in [-0.1, -0.05) is 12.1 Å². The summed E-state index contributed by atoms with van der Waals surface area (Å²) in [5.41, 5.74) is 1.73. The Kier molecular flexibility index (Phi) is 9.22. The van der Waals surface area contributed by atoms with E-state index in [0.29, 0.717) is 19.0 Å². The number of aromatic nitrogens is 2. The number of aliphatic imine (C=N–C) groups is 1. The van der Waals surface area contributed by atoms with Crippen LogP contribution in [0, 0.1) is 0 Å². The van der Waals surface area contributed by atoms with Crippen molar-refractivity contribution < 1.29 is 9.21 Å². The second-order valence-corrected chi connectivity index (χ2v) is 6.08. The summed E-state index contributed by atoms with van der Waals surface area (Å²) in [4.78, 5) is 16.7. The number of anilines is 1. The van der Waals surface area contributed by atoms with Crippen molar-refractivity contribution in [2.24, 2.45) is 4.99 Å². The first kappa shape index (κ1) is 22.5. The second-order valence-electron chi connectivity index (χ2n) is 6.08. The number of hydrogen-bond donors (Lipinski definition) is 3. The Morgan fingerprint density at radius 1 is 1.21 bits per heavy atom. The summed E-state index contributed by atoms with van der Waals surface area (Å²) in [6, 6.07) is 13.2. The van der Waals surface area contributed by atoms with Crippen LogP contribution in [-0.2, 0) is 24.4 Å². The van der Waals surface area contributed by atoms with Gasteiger partial charge in [-0.2, -0.15) is 5.10 Å². The fourth-order valence-electron chi connectivity index (χ4n) is 2.59. The first-order valence-electron chi connectivity index (χ1n) is 9.13. The molecular weight excluding hydrogens is 483 g/mol. The van der Waals surface area contributed by atoms with Gasteiger partial charge in [0.1, 0.15) is 12.3 Å². The quantitative estimate of drug-likeness (QED) is 0.247. The summed E-state index contributed by atoms with van der Waals surface area (Å²) in [6.45, 7) is 3.99. The molecule has 0 bridgehead atoms. The van der Waals surface area contributed by atoms with Gasteiger partial charge in [0.25, 0.3) is 0 Å². The molecule has 0 saturated carbocycles. The van der Waals surface area contributed by atoms with E-state index in [-0.39, 0.29) is 36.4 Å². The number of rotatable bonds is 8. The minimum atomic E-state index is -0.127. The Balaban J connectivity index is 0.00000300. The largest absolute Gasteiger partial charge is 0.467 e. The van der Waals surface area contributed by atoms with Gasteiger partial charge >= 0.3 is 0 Å². The molecule has 8 nitrogen and oxygen atoms in total. The monoisotopic (exact) mass is 508 g/mol. The number of guanidine groups is 1. The molecule has 0 fully saturated rings. The molecule has 1 aromatic carbocycles. The van der Waals surface area contributed by atoms with Gasteiger partial charge in [0.05, 0.1) is 19.4 Å². The van der Waals surface area contributed by atoms with Gasteiger partial charge in [0.2, 0.25) is 5.91 Å². The first-order chi connectivity index (χ1) is 13.7. The van der Waals surface area contributed by atoms with Gasteiger partial charge in [0, 0.05) is 24.6 Å². The van der Waals surface area contributed by atoms with Gasteiger partial charge in [0.15, 0.2) is 5.96 Å². The van der Waals surface area contributed by atoms with Gasteiger partial charge in [-0.3, -0.25) is 9.48 Å². The number of carbonyl (C=O) groups is 1. The molecule has 0 aliphatic carbocycles. The van der Waals surface area contributed by atoms with E-state index in [1.165, 1.54) is 0 Å². The normalized spacial score (nSPS) is 10.9. The Hall–Kier alpha value is -2.82. The standard InChI is InChI=1S/C20H24N6O2.HI/c1-2-21-20(23-14-18-8-4-11-28-18)22-13-16-6-3-7-17(12-16)25-19(27)15-26-10-5-9-24-26;/h3-12H,2,13-15H2,1H3,(H,25,27)(H2,21,22,23);1H. The summed E-state index contributed by atoms with van der Waals surface area (Å²) in [5.74, 6) is 1.41. The second kappa shape index (κ2) is 11.9.